The highest BCUT2D eigenvalue weighted by Crippen LogP contribution is 2.25. The van der Waals surface area contributed by atoms with Crippen molar-refractivity contribution in [3.8, 4) is 0 Å². The molecule has 3 heteroatoms. The van der Waals surface area contributed by atoms with Gasteiger partial charge in [-0.1, -0.05) is 40.5 Å². The van der Waals surface area contributed by atoms with E-state index in [1.54, 1.807) is 0 Å². The largest absolute Gasteiger partial charge is 0.339 e. The van der Waals surface area contributed by atoms with Crippen molar-refractivity contribution in [3.63, 3.8) is 0 Å². The second kappa shape index (κ2) is 5.87. The lowest BCUT2D eigenvalue weighted by molar-refractivity contribution is 0.0691. The normalized spacial score (nSPS) is 18.7. The Bertz CT molecular complexity index is 405. The minimum Gasteiger partial charge on any atom is -0.339 e. The van der Waals surface area contributed by atoms with Crippen LogP contribution in [-0.4, -0.2) is 28.7 Å². The molecule has 0 N–H and O–H groups in total. The van der Waals surface area contributed by atoms with Crippen molar-refractivity contribution < 1.29 is 4.79 Å². The van der Waals surface area contributed by atoms with E-state index in [1.807, 2.05) is 36.1 Å². The molecule has 1 heterocycles. The van der Waals surface area contributed by atoms with E-state index in [9.17, 15) is 4.79 Å². The summed E-state index contributed by atoms with van der Waals surface area (Å²) in [7, 11) is 0. The molecule has 0 saturated carbocycles. The van der Waals surface area contributed by atoms with Crippen molar-refractivity contribution in [1.29, 1.82) is 0 Å². The van der Waals surface area contributed by atoms with Crippen molar-refractivity contribution in [2.45, 2.75) is 31.5 Å². The first kappa shape index (κ1) is 13.6. The minimum atomic E-state index is 0.177. The Labute approximate surface area is 117 Å². The van der Waals surface area contributed by atoms with Crippen LogP contribution >= 0.6 is 15.9 Å². The molecule has 18 heavy (non-hydrogen) atoms. The van der Waals surface area contributed by atoms with E-state index in [2.05, 4.69) is 22.9 Å². The molecule has 1 aliphatic rings. The second-order valence-electron chi connectivity index (χ2n) is 5.17. The average molecular weight is 310 g/mol. The Balaban J connectivity index is 1.97. The highest BCUT2D eigenvalue weighted by atomic mass is 79.9. The molecule has 1 atom stereocenters. The summed E-state index contributed by atoms with van der Waals surface area (Å²) in [5.74, 6) is 0.878. The summed E-state index contributed by atoms with van der Waals surface area (Å²) in [6.07, 6.45) is 2.20. The standard InChI is InChI=1S/C15H20BrNO/c1-11-3-5-14(6-4-11)15(18)17-9-7-13(8-10-17)12(2)16/h3-6,12-13H,7-10H2,1-2H3. The third-order valence-electron chi connectivity index (χ3n) is 3.77. The zero-order valence-corrected chi connectivity index (χ0v) is 12.6. The van der Waals surface area contributed by atoms with Crippen molar-refractivity contribution >= 4 is 21.8 Å². The highest BCUT2D eigenvalue weighted by Gasteiger charge is 2.25. The summed E-state index contributed by atoms with van der Waals surface area (Å²) in [5, 5.41) is 0. The maximum Gasteiger partial charge on any atom is 0.253 e. The van der Waals surface area contributed by atoms with Crippen LogP contribution in [0.25, 0.3) is 0 Å². The van der Waals surface area contributed by atoms with E-state index >= 15 is 0 Å². The molecule has 0 aromatic heterocycles. The molecule has 1 aromatic carbocycles. The quantitative estimate of drug-likeness (QED) is 0.764. The van der Waals surface area contributed by atoms with Gasteiger partial charge < -0.3 is 4.90 Å². The Morgan fingerprint density at radius 2 is 1.83 bits per heavy atom. The summed E-state index contributed by atoms with van der Waals surface area (Å²) in [5.41, 5.74) is 2.00. The molecule has 1 amide bonds. The molecular formula is C15H20BrNO. The number of hydrogen-bond donors (Lipinski definition) is 0. The fourth-order valence-corrected chi connectivity index (χ4v) is 2.97. The fourth-order valence-electron chi connectivity index (χ4n) is 2.44. The van der Waals surface area contributed by atoms with Crippen molar-refractivity contribution in [2.24, 2.45) is 5.92 Å². The molecule has 1 aliphatic heterocycles. The third kappa shape index (κ3) is 3.14. The summed E-state index contributed by atoms with van der Waals surface area (Å²) < 4.78 is 0. The lowest BCUT2D eigenvalue weighted by Crippen LogP contribution is -2.39. The van der Waals surface area contributed by atoms with Gasteiger partial charge in [0.2, 0.25) is 0 Å². The van der Waals surface area contributed by atoms with Crippen LogP contribution in [0.3, 0.4) is 0 Å². The first-order valence-corrected chi connectivity index (χ1v) is 7.49. The van der Waals surface area contributed by atoms with Crippen LogP contribution in [-0.2, 0) is 0 Å². The minimum absolute atomic E-state index is 0.177. The lowest BCUT2D eigenvalue weighted by Gasteiger charge is -2.33. The van der Waals surface area contributed by atoms with Gasteiger partial charge in [-0.3, -0.25) is 4.79 Å². The number of rotatable bonds is 2. The molecule has 0 radical (unpaired) electrons. The zero-order valence-electron chi connectivity index (χ0n) is 11.0. The van der Waals surface area contributed by atoms with Crippen LogP contribution in [0.15, 0.2) is 24.3 Å². The molecule has 2 rings (SSSR count). The number of benzene rings is 1. The number of aryl methyl sites for hydroxylation is 1. The van der Waals surface area contributed by atoms with Crippen molar-refractivity contribution in [2.75, 3.05) is 13.1 Å². The van der Waals surface area contributed by atoms with Crippen LogP contribution in [0.2, 0.25) is 0 Å². The predicted molar refractivity (Wildman–Crippen MR) is 78.2 cm³/mol. The number of piperidine rings is 1. The Morgan fingerprint density at radius 1 is 1.28 bits per heavy atom. The molecule has 0 aliphatic carbocycles. The van der Waals surface area contributed by atoms with E-state index in [1.165, 1.54) is 5.56 Å². The first-order valence-electron chi connectivity index (χ1n) is 6.58. The summed E-state index contributed by atoms with van der Waals surface area (Å²) in [6.45, 7) is 6.00. The molecule has 0 spiro atoms. The Morgan fingerprint density at radius 3 is 2.33 bits per heavy atom. The highest BCUT2D eigenvalue weighted by molar-refractivity contribution is 9.09. The molecule has 1 saturated heterocycles. The summed E-state index contributed by atoms with van der Waals surface area (Å²) >= 11 is 3.64. The molecule has 1 aromatic rings. The van der Waals surface area contributed by atoms with Gasteiger partial charge in [0.25, 0.3) is 5.91 Å². The monoisotopic (exact) mass is 309 g/mol. The number of carbonyl (C=O) groups excluding carboxylic acids is 1. The number of alkyl halides is 1. The Hall–Kier alpha value is -0.830. The van der Waals surface area contributed by atoms with Gasteiger partial charge in [0, 0.05) is 23.5 Å². The van der Waals surface area contributed by atoms with E-state index < -0.39 is 0 Å². The second-order valence-corrected chi connectivity index (χ2v) is 6.62. The maximum absolute atomic E-state index is 12.3. The van der Waals surface area contributed by atoms with Gasteiger partial charge in [0.05, 0.1) is 0 Å². The summed E-state index contributed by atoms with van der Waals surface area (Å²) in [4.78, 5) is 14.8. The molecule has 98 valence electrons. The molecule has 1 fully saturated rings. The number of amides is 1. The summed E-state index contributed by atoms with van der Waals surface area (Å²) in [6, 6.07) is 7.86. The molecule has 1 unspecified atom stereocenters. The van der Waals surface area contributed by atoms with E-state index in [4.69, 9.17) is 0 Å². The number of likely N-dealkylation sites (tertiary alicyclic amines) is 1. The van der Waals surface area contributed by atoms with Crippen molar-refractivity contribution in [1.82, 2.24) is 4.90 Å². The van der Waals surface area contributed by atoms with Crippen LogP contribution in [0.5, 0.6) is 0 Å². The fraction of sp³-hybridized carbons (Fsp3) is 0.533. The zero-order chi connectivity index (χ0) is 13.1. The number of carbonyl (C=O) groups is 1. The van der Waals surface area contributed by atoms with Gasteiger partial charge in [-0.15, -0.1) is 0 Å². The number of hydrogen-bond acceptors (Lipinski definition) is 1. The molecular weight excluding hydrogens is 290 g/mol. The average Bonchev–Trinajstić information content (AvgIpc) is 2.39. The SMILES string of the molecule is Cc1ccc(C(=O)N2CCC(C(C)Br)CC2)cc1. The lowest BCUT2D eigenvalue weighted by atomic mass is 9.94. The van der Waals surface area contributed by atoms with Crippen LogP contribution in [0.1, 0.15) is 35.7 Å². The molecule has 2 nitrogen and oxygen atoms in total. The van der Waals surface area contributed by atoms with Crippen LogP contribution in [0, 0.1) is 12.8 Å². The first-order chi connectivity index (χ1) is 8.58. The van der Waals surface area contributed by atoms with E-state index in [0.717, 1.165) is 31.5 Å². The third-order valence-corrected chi connectivity index (χ3v) is 4.52. The Kier molecular flexibility index (Phi) is 4.44. The van der Waals surface area contributed by atoms with Gasteiger partial charge >= 0.3 is 0 Å². The van der Waals surface area contributed by atoms with Gasteiger partial charge in [0.15, 0.2) is 0 Å². The van der Waals surface area contributed by atoms with E-state index in [0.29, 0.717) is 10.7 Å². The van der Waals surface area contributed by atoms with E-state index in [-0.39, 0.29) is 5.91 Å². The predicted octanol–water partition coefficient (Wildman–Crippen LogP) is 3.63. The van der Waals surface area contributed by atoms with Gasteiger partial charge in [-0.25, -0.2) is 0 Å². The van der Waals surface area contributed by atoms with Gasteiger partial charge in [0.1, 0.15) is 0 Å². The smallest absolute Gasteiger partial charge is 0.253 e. The maximum atomic E-state index is 12.3. The topological polar surface area (TPSA) is 20.3 Å². The van der Waals surface area contributed by atoms with Crippen LogP contribution < -0.4 is 0 Å². The van der Waals surface area contributed by atoms with Crippen molar-refractivity contribution in [3.05, 3.63) is 35.4 Å². The van der Waals surface area contributed by atoms with Gasteiger partial charge in [-0.2, -0.15) is 0 Å². The van der Waals surface area contributed by atoms with Gasteiger partial charge in [-0.05, 0) is 37.8 Å². The van der Waals surface area contributed by atoms with Crippen LogP contribution in [0.4, 0.5) is 0 Å². The molecule has 0 bridgehead atoms. The number of nitrogens with zero attached hydrogens (tertiary/aromatic N) is 1. The number of halogens is 1.